The minimum atomic E-state index is -0.825. The Labute approximate surface area is 158 Å². The predicted molar refractivity (Wildman–Crippen MR) is 106 cm³/mol. The van der Waals surface area contributed by atoms with Crippen LogP contribution in [-0.2, 0) is 11.3 Å². The number of imidazole rings is 1. The van der Waals surface area contributed by atoms with Gasteiger partial charge in [-0.1, -0.05) is 63.9 Å². The monoisotopic (exact) mass is 376 g/mol. The van der Waals surface area contributed by atoms with E-state index in [0.717, 1.165) is 29.2 Å². The van der Waals surface area contributed by atoms with Crippen molar-refractivity contribution in [3.8, 4) is 0 Å². The van der Waals surface area contributed by atoms with Crippen LogP contribution in [0.5, 0.6) is 0 Å². The predicted octanol–water partition coefficient (Wildman–Crippen LogP) is 3.93. The second-order valence-electron chi connectivity index (χ2n) is 6.73. The summed E-state index contributed by atoms with van der Waals surface area (Å²) in [5.41, 5.74) is 7.10. The van der Waals surface area contributed by atoms with Crippen LogP contribution in [0, 0.1) is 5.92 Å². The van der Waals surface area contributed by atoms with Crippen molar-refractivity contribution in [2.45, 2.75) is 63.4 Å². The van der Waals surface area contributed by atoms with Crippen LogP contribution < -0.4 is 11.1 Å². The maximum Gasteiger partial charge on any atom is 0.318 e. The fourth-order valence-corrected chi connectivity index (χ4v) is 3.99. The number of nitrogens with one attached hydrogen (secondary N) is 1. The Morgan fingerprint density at radius 2 is 1.96 bits per heavy atom. The third-order valence-corrected chi connectivity index (χ3v) is 5.73. The Morgan fingerprint density at radius 3 is 2.62 bits per heavy atom. The van der Waals surface area contributed by atoms with Gasteiger partial charge in [0.1, 0.15) is 0 Å². The van der Waals surface area contributed by atoms with E-state index >= 15 is 0 Å². The van der Waals surface area contributed by atoms with Gasteiger partial charge in [-0.2, -0.15) is 0 Å². The van der Waals surface area contributed by atoms with Crippen molar-refractivity contribution in [1.29, 1.82) is 0 Å². The van der Waals surface area contributed by atoms with Gasteiger partial charge in [-0.25, -0.2) is 9.78 Å². The lowest BCUT2D eigenvalue weighted by Crippen LogP contribution is -2.42. The van der Waals surface area contributed by atoms with E-state index in [0.29, 0.717) is 0 Å². The highest BCUT2D eigenvalue weighted by Gasteiger charge is 2.27. The first kappa shape index (κ1) is 20.3. The zero-order chi connectivity index (χ0) is 19.1. The first-order chi connectivity index (χ1) is 12.4. The van der Waals surface area contributed by atoms with E-state index in [-0.39, 0.29) is 11.8 Å². The molecule has 142 valence electrons. The average molecular weight is 377 g/mol. The van der Waals surface area contributed by atoms with Crippen LogP contribution in [-0.4, -0.2) is 26.7 Å². The molecule has 0 saturated carbocycles. The summed E-state index contributed by atoms with van der Waals surface area (Å²) in [7, 11) is 0. The van der Waals surface area contributed by atoms with Crippen molar-refractivity contribution >= 4 is 34.7 Å². The molecule has 1 aromatic heterocycles. The number of carbonyl (C=O) groups excluding carboxylic acids is 2. The third-order valence-electron chi connectivity index (χ3n) is 4.20. The van der Waals surface area contributed by atoms with E-state index in [1.807, 2.05) is 32.0 Å². The first-order valence-electron chi connectivity index (χ1n) is 9.16. The average Bonchev–Trinajstić information content (AvgIpc) is 2.93. The molecule has 0 aliphatic carbocycles. The Bertz CT molecular complexity index is 757. The normalized spacial score (nSPS) is 12.5. The summed E-state index contributed by atoms with van der Waals surface area (Å²) in [6, 6.07) is 7.18. The number of primary amides is 1. The molecule has 0 spiro atoms. The van der Waals surface area contributed by atoms with Crippen LogP contribution in [0.15, 0.2) is 29.4 Å². The molecule has 1 aromatic carbocycles. The molecule has 0 fully saturated rings. The highest BCUT2D eigenvalue weighted by Crippen LogP contribution is 2.31. The lowest BCUT2D eigenvalue weighted by Gasteiger charge is -2.19. The van der Waals surface area contributed by atoms with Gasteiger partial charge in [0.15, 0.2) is 5.16 Å². The quantitative estimate of drug-likeness (QED) is 0.512. The molecule has 26 heavy (non-hydrogen) atoms. The molecular weight excluding hydrogens is 348 g/mol. The summed E-state index contributed by atoms with van der Waals surface area (Å²) in [5.74, 6) is -0.338. The Balaban J connectivity index is 2.28. The van der Waals surface area contributed by atoms with Gasteiger partial charge >= 0.3 is 6.03 Å². The minimum absolute atomic E-state index is 0.0349. The number of aromatic nitrogens is 2. The van der Waals surface area contributed by atoms with Gasteiger partial charge in [-0.05, 0) is 24.5 Å². The fraction of sp³-hybridized carbons (Fsp3) is 0.526. The molecule has 2 aromatic rings. The van der Waals surface area contributed by atoms with E-state index in [9.17, 15) is 9.59 Å². The van der Waals surface area contributed by atoms with Crippen LogP contribution in [0.25, 0.3) is 11.0 Å². The number of nitrogens with two attached hydrogens (primary N) is 1. The molecule has 3 N–H and O–H groups in total. The molecular formula is C19H28N4O2S. The molecule has 0 aliphatic rings. The Morgan fingerprint density at radius 1 is 1.23 bits per heavy atom. The summed E-state index contributed by atoms with van der Waals surface area (Å²) in [4.78, 5) is 28.1. The SMILES string of the molecule is CCCCCCn1c(SC(C(=O)NC(N)=O)C(C)C)nc2ccccc21. The number of hydrogen-bond donors (Lipinski definition) is 2. The molecule has 6 nitrogen and oxygen atoms in total. The van der Waals surface area contributed by atoms with E-state index in [2.05, 4.69) is 22.9 Å². The zero-order valence-corrected chi connectivity index (χ0v) is 16.5. The molecule has 0 saturated heterocycles. The second kappa shape index (κ2) is 9.62. The number of para-hydroxylation sites is 2. The van der Waals surface area contributed by atoms with Crippen LogP contribution in [0.1, 0.15) is 46.5 Å². The van der Waals surface area contributed by atoms with Crippen molar-refractivity contribution in [3.63, 3.8) is 0 Å². The number of aryl methyl sites for hydroxylation is 1. The van der Waals surface area contributed by atoms with Gasteiger partial charge in [0.2, 0.25) is 5.91 Å². The zero-order valence-electron chi connectivity index (χ0n) is 15.7. The molecule has 2 rings (SSSR count). The number of fused-ring (bicyclic) bond motifs is 1. The van der Waals surface area contributed by atoms with Crippen molar-refractivity contribution < 1.29 is 9.59 Å². The topological polar surface area (TPSA) is 90.0 Å². The lowest BCUT2D eigenvalue weighted by atomic mass is 10.1. The molecule has 1 heterocycles. The first-order valence-corrected chi connectivity index (χ1v) is 10.0. The van der Waals surface area contributed by atoms with Gasteiger partial charge < -0.3 is 10.3 Å². The Kier molecular flexibility index (Phi) is 7.50. The number of carbonyl (C=O) groups is 2. The maximum atomic E-state index is 12.4. The van der Waals surface area contributed by atoms with Crippen LogP contribution >= 0.6 is 11.8 Å². The highest BCUT2D eigenvalue weighted by molar-refractivity contribution is 8.00. The minimum Gasteiger partial charge on any atom is -0.351 e. The van der Waals surface area contributed by atoms with E-state index in [4.69, 9.17) is 10.7 Å². The van der Waals surface area contributed by atoms with Crippen molar-refractivity contribution in [3.05, 3.63) is 24.3 Å². The molecule has 0 radical (unpaired) electrons. The Hall–Kier alpha value is -2.02. The second-order valence-corrected chi connectivity index (χ2v) is 7.84. The molecule has 0 aliphatic heterocycles. The number of urea groups is 1. The molecule has 1 atom stereocenters. The fourth-order valence-electron chi connectivity index (χ4n) is 2.85. The van der Waals surface area contributed by atoms with Crippen molar-refractivity contribution in [2.24, 2.45) is 11.7 Å². The number of imide groups is 1. The molecule has 3 amide bonds. The van der Waals surface area contributed by atoms with Crippen LogP contribution in [0.2, 0.25) is 0 Å². The summed E-state index contributed by atoms with van der Waals surface area (Å²) in [6.07, 6.45) is 4.64. The highest BCUT2D eigenvalue weighted by atomic mass is 32.2. The smallest absolute Gasteiger partial charge is 0.318 e. The van der Waals surface area contributed by atoms with E-state index in [1.54, 1.807) is 0 Å². The van der Waals surface area contributed by atoms with Gasteiger partial charge in [0.05, 0.1) is 16.3 Å². The van der Waals surface area contributed by atoms with Gasteiger partial charge in [0, 0.05) is 6.54 Å². The summed E-state index contributed by atoms with van der Waals surface area (Å²) in [6.45, 7) is 6.96. The summed E-state index contributed by atoms with van der Waals surface area (Å²) < 4.78 is 2.18. The summed E-state index contributed by atoms with van der Waals surface area (Å²) >= 11 is 1.40. The molecule has 0 bridgehead atoms. The van der Waals surface area contributed by atoms with Crippen LogP contribution in [0.4, 0.5) is 4.79 Å². The number of nitrogens with zero attached hydrogens (tertiary/aromatic N) is 2. The molecule has 1 unspecified atom stereocenters. The number of benzene rings is 1. The standard InChI is InChI=1S/C19H28N4O2S/c1-4-5-6-9-12-23-15-11-8-7-10-14(15)21-19(23)26-16(13(2)3)17(24)22-18(20)25/h7-8,10-11,13,16H,4-6,9,12H2,1-3H3,(H3,20,22,24,25). The molecule has 7 heteroatoms. The van der Waals surface area contributed by atoms with Crippen LogP contribution in [0.3, 0.4) is 0 Å². The number of rotatable bonds is 9. The maximum absolute atomic E-state index is 12.4. The summed E-state index contributed by atoms with van der Waals surface area (Å²) in [5, 5.41) is 2.57. The van der Waals surface area contributed by atoms with Crippen molar-refractivity contribution in [2.75, 3.05) is 0 Å². The van der Waals surface area contributed by atoms with Gasteiger partial charge in [0.25, 0.3) is 0 Å². The number of unbranched alkanes of at least 4 members (excludes halogenated alkanes) is 3. The third kappa shape index (κ3) is 5.24. The number of thioether (sulfide) groups is 1. The van der Waals surface area contributed by atoms with Gasteiger partial charge in [-0.3, -0.25) is 10.1 Å². The van der Waals surface area contributed by atoms with E-state index < -0.39 is 11.3 Å². The lowest BCUT2D eigenvalue weighted by molar-refractivity contribution is -0.120. The largest absolute Gasteiger partial charge is 0.351 e. The van der Waals surface area contributed by atoms with Crippen molar-refractivity contribution in [1.82, 2.24) is 14.9 Å². The van der Waals surface area contributed by atoms with E-state index in [1.165, 1.54) is 31.0 Å². The number of hydrogen-bond acceptors (Lipinski definition) is 4. The number of amides is 3. The van der Waals surface area contributed by atoms with Gasteiger partial charge in [-0.15, -0.1) is 0 Å².